The average molecular weight is 898 g/mol. The second-order valence-corrected chi connectivity index (χ2v) is 18.7. The molecule has 1 aliphatic heterocycles. The highest BCUT2D eigenvalue weighted by Gasteiger charge is 2.40. The Morgan fingerprint density at radius 1 is 0.810 bits per heavy atom. The van der Waals surface area contributed by atoms with Crippen LogP contribution in [-0.4, -0.2) is 136 Å². The van der Waals surface area contributed by atoms with Gasteiger partial charge >= 0.3 is 0 Å². The molecule has 16 nitrogen and oxygen atoms in total. The van der Waals surface area contributed by atoms with Crippen LogP contribution < -0.4 is 21.3 Å². The van der Waals surface area contributed by atoms with Gasteiger partial charge in [0.15, 0.2) is 5.78 Å². The summed E-state index contributed by atoms with van der Waals surface area (Å²) >= 11 is 0. The number of nitrogens with one attached hydrogen (secondary N) is 4. The number of amides is 4. The quantitative estimate of drug-likeness (QED) is 0.0471. The molecule has 348 valence electrons. The van der Waals surface area contributed by atoms with Crippen LogP contribution in [0.2, 0.25) is 0 Å². The molecule has 3 rings (SSSR count). The van der Waals surface area contributed by atoms with Crippen LogP contribution in [0.5, 0.6) is 0 Å². The maximum absolute atomic E-state index is 14.3. The predicted octanol–water partition coefficient (Wildman–Crippen LogP) is 1.93. The van der Waals surface area contributed by atoms with Crippen LogP contribution in [-0.2, 0) is 60.6 Å². The van der Waals surface area contributed by atoms with Crippen molar-refractivity contribution >= 4 is 39.5 Å². The summed E-state index contributed by atoms with van der Waals surface area (Å²) < 4.78 is 40.7. The van der Waals surface area contributed by atoms with Crippen molar-refractivity contribution in [1.29, 1.82) is 0 Å². The zero-order valence-electron chi connectivity index (χ0n) is 37.3. The molecule has 5 atom stereocenters. The number of carbonyl (C=O) groups excluding carboxylic acids is 5. The van der Waals surface area contributed by atoms with E-state index in [9.17, 15) is 37.5 Å². The Labute approximate surface area is 373 Å². The molecule has 0 bridgehead atoms. The molecule has 0 aliphatic carbocycles. The van der Waals surface area contributed by atoms with E-state index in [-0.39, 0.29) is 69.6 Å². The SMILES string of the molecule is C#CCOCCCS(=O)(=O)OCC(C)(O)C(=O)[C@H](CC(C)C)NC(=O)[C@H](Cc1ccccc1)NC(=O)C(CC(C)C)NC(=O)[C@H](CCc1ccccc1)NC(=O)CN1CCOCC1. The van der Waals surface area contributed by atoms with Crippen molar-refractivity contribution in [3.8, 4) is 12.3 Å². The standard InChI is InChI=1S/C46H67N5O11S/c1-7-23-60-24-14-27-63(58,59)62-32-46(6,57)42(53)38(28-33(2)3)48-45(56)40(30-36-17-12-9-13-18-36)50-44(55)39(29-34(4)5)49-43(54)37(20-19-35-15-10-8-11-16-35)47-41(52)31-51-21-25-61-26-22-51/h1,8-13,15-18,33-34,37-40,57H,14,19-32H2,2-6H3,(H,47,52)(H,48,56)(H,49,54)(H,50,55)/t37-,38-,39?,40-,46?/m0/s1. The summed E-state index contributed by atoms with van der Waals surface area (Å²) in [6, 6.07) is 13.8. The van der Waals surface area contributed by atoms with Crippen molar-refractivity contribution < 1.29 is 51.2 Å². The van der Waals surface area contributed by atoms with E-state index in [1.54, 1.807) is 30.3 Å². The summed E-state index contributed by atoms with van der Waals surface area (Å²) in [7, 11) is -4.16. The smallest absolute Gasteiger partial charge is 0.267 e. The Morgan fingerprint density at radius 2 is 1.35 bits per heavy atom. The minimum Gasteiger partial charge on any atom is -0.380 e. The lowest BCUT2D eigenvalue weighted by Crippen LogP contribution is -2.60. The fourth-order valence-electron chi connectivity index (χ4n) is 6.89. The molecule has 0 spiro atoms. The Balaban J connectivity index is 1.82. The Morgan fingerprint density at radius 3 is 1.95 bits per heavy atom. The molecule has 1 saturated heterocycles. The highest BCUT2D eigenvalue weighted by Crippen LogP contribution is 2.18. The number of ether oxygens (including phenoxy) is 2. The molecule has 4 amide bonds. The summed E-state index contributed by atoms with van der Waals surface area (Å²) in [5.41, 5.74) is -0.677. The molecule has 2 aromatic rings. The van der Waals surface area contributed by atoms with Gasteiger partial charge in [-0.05, 0) is 62.0 Å². The number of benzene rings is 2. The molecule has 0 radical (unpaired) electrons. The summed E-state index contributed by atoms with van der Waals surface area (Å²) in [5, 5.41) is 22.5. The van der Waals surface area contributed by atoms with Crippen molar-refractivity contribution in [2.75, 3.05) is 58.4 Å². The third-order valence-electron chi connectivity index (χ3n) is 10.2. The number of carbonyl (C=O) groups is 5. The Bertz CT molecular complexity index is 1900. The number of terminal acetylenes is 1. The molecule has 1 heterocycles. The number of rotatable bonds is 28. The number of aliphatic hydroxyl groups is 1. The first-order valence-corrected chi connectivity index (χ1v) is 23.2. The first kappa shape index (κ1) is 52.6. The van der Waals surface area contributed by atoms with E-state index >= 15 is 0 Å². The molecule has 2 unspecified atom stereocenters. The molecule has 17 heteroatoms. The lowest BCUT2D eigenvalue weighted by atomic mass is 9.90. The summed E-state index contributed by atoms with van der Waals surface area (Å²) in [5.74, 6) is -1.59. The highest BCUT2D eigenvalue weighted by molar-refractivity contribution is 7.86. The van der Waals surface area contributed by atoms with Gasteiger partial charge in [-0.1, -0.05) is 94.3 Å². The van der Waals surface area contributed by atoms with Gasteiger partial charge in [-0.3, -0.25) is 33.1 Å². The zero-order chi connectivity index (χ0) is 46.4. The van der Waals surface area contributed by atoms with Crippen molar-refractivity contribution in [1.82, 2.24) is 26.2 Å². The van der Waals surface area contributed by atoms with Crippen molar-refractivity contribution in [2.24, 2.45) is 11.8 Å². The summed E-state index contributed by atoms with van der Waals surface area (Å²) in [6.45, 7) is 9.94. The highest BCUT2D eigenvalue weighted by atomic mass is 32.2. The molecular weight excluding hydrogens is 831 g/mol. The van der Waals surface area contributed by atoms with E-state index in [0.29, 0.717) is 38.3 Å². The van der Waals surface area contributed by atoms with Gasteiger partial charge in [0.1, 0.15) is 36.9 Å². The van der Waals surface area contributed by atoms with E-state index in [2.05, 4.69) is 27.2 Å². The van der Waals surface area contributed by atoms with Crippen LogP contribution in [0, 0.1) is 24.2 Å². The topological polar surface area (TPSA) is 219 Å². The lowest BCUT2D eigenvalue weighted by molar-refractivity contribution is -0.143. The van der Waals surface area contributed by atoms with Gasteiger partial charge in [0.05, 0.1) is 31.6 Å². The lowest BCUT2D eigenvalue weighted by Gasteiger charge is -2.30. The third-order valence-corrected chi connectivity index (χ3v) is 11.5. The average Bonchev–Trinajstić information content (AvgIpc) is 3.24. The van der Waals surface area contributed by atoms with Crippen LogP contribution in [0.3, 0.4) is 0 Å². The Kier molecular flexibility index (Phi) is 22.4. The monoisotopic (exact) mass is 897 g/mol. The second-order valence-electron chi connectivity index (χ2n) is 16.9. The van der Waals surface area contributed by atoms with Crippen molar-refractivity contribution in [3.63, 3.8) is 0 Å². The molecule has 1 fully saturated rings. The maximum atomic E-state index is 14.3. The molecule has 0 aromatic heterocycles. The zero-order valence-corrected chi connectivity index (χ0v) is 38.1. The first-order chi connectivity index (χ1) is 29.9. The van der Waals surface area contributed by atoms with E-state index in [1.807, 2.05) is 62.9 Å². The number of ketones is 1. The number of morpholine rings is 1. The van der Waals surface area contributed by atoms with Gasteiger partial charge in [-0.25, -0.2) is 0 Å². The van der Waals surface area contributed by atoms with E-state index in [0.717, 1.165) is 12.5 Å². The molecule has 2 aromatic carbocycles. The minimum absolute atomic E-state index is 0.00342. The van der Waals surface area contributed by atoms with Crippen LogP contribution in [0.25, 0.3) is 0 Å². The molecular formula is C46H67N5O11S. The normalized spacial score (nSPS) is 16.2. The van der Waals surface area contributed by atoms with Gasteiger partial charge in [0.2, 0.25) is 23.6 Å². The fraction of sp³-hybridized carbons (Fsp3) is 0.587. The summed E-state index contributed by atoms with van der Waals surface area (Å²) in [4.78, 5) is 71.7. The minimum atomic E-state index is -4.16. The predicted molar refractivity (Wildman–Crippen MR) is 238 cm³/mol. The summed E-state index contributed by atoms with van der Waals surface area (Å²) in [6.07, 6.45) is 6.21. The van der Waals surface area contributed by atoms with Crippen LogP contribution in [0.4, 0.5) is 0 Å². The van der Waals surface area contributed by atoms with Crippen LogP contribution in [0.1, 0.15) is 71.4 Å². The van der Waals surface area contributed by atoms with E-state index in [1.165, 1.54) is 0 Å². The Hall–Kier alpha value is -4.70. The largest absolute Gasteiger partial charge is 0.380 e. The maximum Gasteiger partial charge on any atom is 0.267 e. The number of nitrogens with zero attached hydrogens (tertiary/aromatic N) is 1. The van der Waals surface area contributed by atoms with E-state index in [4.69, 9.17) is 20.1 Å². The van der Waals surface area contributed by atoms with Crippen molar-refractivity contribution in [3.05, 3.63) is 71.8 Å². The molecule has 5 N–H and O–H groups in total. The van der Waals surface area contributed by atoms with Gasteiger partial charge in [0, 0.05) is 26.1 Å². The van der Waals surface area contributed by atoms with Gasteiger partial charge in [0.25, 0.3) is 10.1 Å². The van der Waals surface area contributed by atoms with E-state index < -0.39 is 75.8 Å². The van der Waals surface area contributed by atoms with Gasteiger partial charge in [-0.15, -0.1) is 6.42 Å². The van der Waals surface area contributed by atoms with Gasteiger partial charge < -0.3 is 35.8 Å². The van der Waals surface area contributed by atoms with Crippen LogP contribution >= 0.6 is 0 Å². The fourth-order valence-corrected chi connectivity index (χ4v) is 7.89. The number of aryl methyl sites for hydroxylation is 1. The first-order valence-electron chi connectivity index (χ1n) is 21.6. The van der Waals surface area contributed by atoms with Gasteiger partial charge in [-0.2, -0.15) is 8.42 Å². The van der Waals surface area contributed by atoms with Crippen LogP contribution in [0.15, 0.2) is 60.7 Å². The number of hydrogen-bond acceptors (Lipinski definition) is 12. The molecule has 0 saturated carbocycles. The molecule has 1 aliphatic rings. The number of Topliss-reactive ketones (excluding diaryl/α,β-unsaturated/α-hetero) is 1. The second kappa shape index (κ2) is 26.8. The number of hydrogen-bond donors (Lipinski definition) is 5. The van der Waals surface area contributed by atoms with Crippen molar-refractivity contribution in [2.45, 2.75) is 103 Å². The third kappa shape index (κ3) is 20.1. The molecule has 63 heavy (non-hydrogen) atoms.